The quantitative estimate of drug-likeness (QED) is 0.742. The molecule has 4 rings (SSSR count). The zero-order chi connectivity index (χ0) is 21.8. The molecule has 0 aromatic heterocycles. The van der Waals surface area contributed by atoms with E-state index in [2.05, 4.69) is 28.7 Å². The number of para-hydroxylation sites is 1. The van der Waals surface area contributed by atoms with Gasteiger partial charge in [0.2, 0.25) is 10.0 Å². The number of carbonyl (C=O) groups excluding carboxylic acids is 1. The number of piperazine rings is 1. The molecule has 31 heavy (non-hydrogen) atoms. The van der Waals surface area contributed by atoms with Crippen molar-refractivity contribution in [2.75, 3.05) is 44.2 Å². The minimum atomic E-state index is -3.69. The van der Waals surface area contributed by atoms with Gasteiger partial charge in [0.1, 0.15) is 0 Å². The Morgan fingerprint density at radius 3 is 2.58 bits per heavy atom. The third-order valence-electron chi connectivity index (χ3n) is 5.94. The summed E-state index contributed by atoms with van der Waals surface area (Å²) in [6.07, 6.45) is 1.73. The van der Waals surface area contributed by atoms with Crippen molar-refractivity contribution < 1.29 is 17.9 Å². The summed E-state index contributed by atoms with van der Waals surface area (Å²) in [4.78, 5) is 17.2. The summed E-state index contributed by atoms with van der Waals surface area (Å²) in [5, 5.41) is 0. The van der Waals surface area contributed by atoms with E-state index in [0.29, 0.717) is 25.3 Å². The number of nitrogens with one attached hydrogen (secondary N) is 1. The number of sulfonamides is 1. The highest BCUT2D eigenvalue weighted by Crippen LogP contribution is 2.22. The van der Waals surface area contributed by atoms with E-state index in [1.165, 1.54) is 23.4 Å². The number of carbonyl (C=O) groups is 1. The number of aryl methyl sites for hydroxylation is 1. The van der Waals surface area contributed by atoms with Crippen molar-refractivity contribution in [3.05, 3.63) is 59.7 Å². The molecule has 2 aliphatic rings. The van der Waals surface area contributed by atoms with Gasteiger partial charge in [-0.05, 0) is 49.6 Å². The molecule has 2 aromatic carbocycles. The van der Waals surface area contributed by atoms with Gasteiger partial charge in [-0.15, -0.1) is 0 Å². The van der Waals surface area contributed by atoms with Crippen LogP contribution in [-0.2, 0) is 14.8 Å². The van der Waals surface area contributed by atoms with Crippen molar-refractivity contribution in [1.82, 2.24) is 9.62 Å². The van der Waals surface area contributed by atoms with E-state index in [9.17, 15) is 13.2 Å². The van der Waals surface area contributed by atoms with Crippen LogP contribution in [0.5, 0.6) is 0 Å². The summed E-state index contributed by atoms with van der Waals surface area (Å²) in [7, 11) is -3.69. The largest absolute Gasteiger partial charge is 0.377 e. The minimum Gasteiger partial charge on any atom is -0.377 e. The Morgan fingerprint density at radius 2 is 1.87 bits per heavy atom. The summed E-state index contributed by atoms with van der Waals surface area (Å²) >= 11 is 0. The first-order valence-electron chi connectivity index (χ1n) is 10.8. The second-order valence-electron chi connectivity index (χ2n) is 8.08. The lowest BCUT2D eigenvalue weighted by Crippen LogP contribution is -2.49. The number of amides is 1. The van der Waals surface area contributed by atoms with E-state index in [-0.39, 0.29) is 23.5 Å². The monoisotopic (exact) mass is 443 g/mol. The SMILES string of the molecule is Cc1ccccc1N1CCN(C(=O)c2cccc(S(=O)(=O)NC[C@H]3CCCO3)c2)CC1. The topological polar surface area (TPSA) is 79.0 Å². The van der Waals surface area contributed by atoms with Crippen LogP contribution >= 0.6 is 0 Å². The van der Waals surface area contributed by atoms with Gasteiger partial charge in [0, 0.05) is 50.6 Å². The maximum absolute atomic E-state index is 13.0. The number of hydrogen-bond donors (Lipinski definition) is 1. The Hall–Kier alpha value is -2.42. The number of ether oxygens (including phenoxy) is 1. The molecule has 0 radical (unpaired) electrons. The second kappa shape index (κ2) is 9.38. The third kappa shape index (κ3) is 5.08. The lowest BCUT2D eigenvalue weighted by Gasteiger charge is -2.36. The predicted molar refractivity (Wildman–Crippen MR) is 120 cm³/mol. The second-order valence-corrected chi connectivity index (χ2v) is 9.85. The first-order chi connectivity index (χ1) is 14.9. The zero-order valence-corrected chi connectivity index (χ0v) is 18.6. The summed E-state index contributed by atoms with van der Waals surface area (Å²) < 4.78 is 33.4. The molecule has 2 heterocycles. The molecule has 0 saturated carbocycles. The van der Waals surface area contributed by atoms with Crippen LogP contribution in [0.25, 0.3) is 0 Å². The molecule has 166 valence electrons. The van der Waals surface area contributed by atoms with Crippen LogP contribution < -0.4 is 9.62 Å². The molecule has 2 fully saturated rings. The van der Waals surface area contributed by atoms with E-state index >= 15 is 0 Å². The van der Waals surface area contributed by atoms with Crippen molar-refractivity contribution in [1.29, 1.82) is 0 Å². The first kappa shape index (κ1) is 21.8. The highest BCUT2D eigenvalue weighted by molar-refractivity contribution is 7.89. The Bertz CT molecular complexity index is 1030. The molecule has 7 nitrogen and oxygen atoms in total. The van der Waals surface area contributed by atoms with Crippen molar-refractivity contribution in [2.45, 2.75) is 30.8 Å². The molecule has 0 bridgehead atoms. The van der Waals surface area contributed by atoms with Crippen LogP contribution in [0.1, 0.15) is 28.8 Å². The lowest BCUT2D eigenvalue weighted by atomic mass is 10.1. The van der Waals surface area contributed by atoms with Gasteiger partial charge in [0.25, 0.3) is 5.91 Å². The van der Waals surface area contributed by atoms with Gasteiger partial charge in [-0.1, -0.05) is 24.3 Å². The molecule has 2 aliphatic heterocycles. The minimum absolute atomic E-state index is 0.0795. The molecule has 0 unspecified atom stereocenters. The average molecular weight is 444 g/mol. The molecule has 0 aliphatic carbocycles. The predicted octanol–water partition coefficient (Wildman–Crippen LogP) is 2.41. The van der Waals surface area contributed by atoms with Crippen LogP contribution in [0.2, 0.25) is 0 Å². The van der Waals surface area contributed by atoms with Crippen LogP contribution in [0.15, 0.2) is 53.4 Å². The number of anilines is 1. The summed E-state index contributed by atoms with van der Waals surface area (Å²) in [6.45, 7) is 5.71. The molecule has 2 saturated heterocycles. The van der Waals surface area contributed by atoms with Gasteiger partial charge in [0.05, 0.1) is 11.0 Å². The third-order valence-corrected chi connectivity index (χ3v) is 7.36. The fourth-order valence-electron chi connectivity index (χ4n) is 4.14. The van der Waals surface area contributed by atoms with Gasteiger partial charge in [-0.25, -0.2) is 13.1 Å². The number of benzene rings is 2. The Balaban J connectivity index is 1.39. The number of hydrogen-bond acceptors (Lipinski definition) is 5. The van der Waals surface area contributed by atoms with Gasteiger partial charge < -0.3 is 14.5 Å². The van der Waals surface area contributed by atoms with Crippen molar-refractivity contribution in [2.24, 2.45) is 0 Å². The normalized spacial score (nSPS) is 19.6. The van der Waals surface area contributed by atoms with Crippen molar-refractivity contribution in [3.8, 4) is 0 Å². The smallest absolute Gasteiger partial charge is 0.254 e. The number of nitrogens with zero attached hydrogens (tertiary/aromatic N) is 2. The fourth-order valence-corrected chi connectivity index (χ4v) is 5.25. The first-order valence-corrected chi connectivity index (χ1v) is 12.2. The Kier molecular flexibility index (Phi) is 6.60. The maximum atomic E-state index is 13.0. The van der Waals surface area contributed by atoms with Crippen molar-refractivity contribution in [3.63, 3.8) is 0 Å². The van der Waals surface area contributed by atoms with Gasteiger partial charge in [-0.3, -0.25) is 4.79 Å². The van der Waals surface area contributed by atoms with Crippen LogP contribution in [0.3, 0.4) is 0 Å². The molecular weight excluding hydrogens is 414 g/mol. The van der Waals surface area contributed by atoms with Crippen LogP contribution in [-0.4, -0.2) is 64.7 Å². The fraction of sp³-hybridized carbons (Fsp3) is 0.435. The van der Waals surface area contributed by atoms with Gasteiger partial charge in [-0.2, -0.15) is 0 Å². The molecule has 2 aromatic rings. The van der Waals surface area contributed by atoms with E-state index in [0.717, 1.165) is 25.9 Å². The standard InChI is InChI=1S/C23H29N3O4S/c1-18-6-2-3-10-22(18)25-11-13-26(14-12-25)23(27)19-7-4-9-21(16-19)31(28,29)24-17-20-8-5-15-30-20/h2-4,6-7,9-10,16,20,24H,5,8,11-15,17H2,1H3/t20-/m1/s1. The molecule has 0 spiro atoms. The Morgan fingerprint density at radius 1 is 1.10 bits per heavy atom. The molecule has 1 atom stereocenters. The number of rotatable bonds is 6. The molecular formula is C23H29N3O4S. The molecule has 1 N–H and O–H groups in total. The lowest BCUT2D eigenvalue weighted by molar-refractivity contribution is 0.0746. The Labute approximate surface area is 184 Å². The molecule has 8 heteroatoms. The van der Waals surface area contributed by atoms with E-state index in [1.807, 2.05) is 12.1 Å². The summed E-state index contributed by atoms with van der Waals surface area (Å²) in [5.74, 6) is -0.138. The van der Waals surface area contributed by atoms with Gasteiger partial charge >= 0.3 is 0 Å². The highest BCUT2D eigenvalue weighted by Gasteiger charge is 2.25. The van der Waals surface area contributed by atoms with Gasteiger partial charge in [0.15, 0.2) is 0 Å². The van der Waals surface area contributed by atoms with E-state index in [1.54, 1.807) is 17.0 Å². The maximum Gasteiger partial charge on any atom is 0.254 e. The zero-order valence-electron chi connectivity index (χ0n) is 17.8. The van der Waals surface area contributed by atoms with E-state index < -0.39 is 10.0 Å². The highest BCUT2D eigenvalue weighted by atomic mass is 32.2. The average Bonchev–Trinajstić information content (AvgIpc) is 3.32. The van der Waals surface area contributed by atoms with E-state index in [4.69, 9.17) is 4.74 Å². The van der Waals surface area contributed by atoms with Crippen molar-refractivity contribution >= 4 is 21.6 Å². The van der Waals surface area contributed by atoms with Crippen LogP contribution in [0, 0.1) is 6.92 Å². The van der Waals surface area contributed by atoms with Crippen LogP contribution in [0.4, 0.5) is 5.69 Å². The molecule has 1 amide bonds. The summed E-state index contributed by atoms with van der Waals surface area (Å²) in [6, 6.07) is 14.5. The summed E-state index contributed by atoms with van der Waals surface area (Å²) in [5.41, 5.74) is 2.81.